The lowest BCUT2D eigenvalue weighted by Gasteiger charge is -2.36. The fraction of sp³-hybridized carbons (Fsp3) is 0.429. The number of nitrogens with zero attached hydrogens (tertiary/aromatic N) is 1. The molecule has 1 aromatic heterocycles. The molecule has 2 amide bonds. The minimum Gasteiger partial charge on any atom is -0.383 e. The number of nitrogens with two attached hydrogens (primary N) is 2. The van der Waals surface area contributed by atoms with Crippen LogP contribution in [0.15, 0.2) is 47.7 Å². The van der Waals surface area contributed by atoms with Crippen LogP contribution < -0.4 is 27.4 Å². The second kappa shape index (κ2) is 10.7. The van der Waals surface area contributed by atoms with E-state index in [1.807, 2.05) is 31.4 Å². The Kier molecular flexibility index (Phi) is 7.99. The van der Waals surface area contributed by atoms with Crippen LogP contribution in [0.2, 0.25) is 0 Å². The maximum atomic E-state index is 13.4. The molecule has 1 aliphatic heterocycles. The molecule has 0 bridgehead atoms. The van der Waals surface area contributed by atoms with Gasteiger partial charge in [-0.3, -0.25) is 9.59 Å². The Morgan fingerprint density at radius 3 is 2.77 bits per heavy atom. The number of likely N-dealkylation sites (N-methyl/N-ethyl adjacent to an activating group) is 2. The molecule has 2 atom stereocenters. The molecule has 0 spiro atoms. The predicted octanol–water partition coefficient (Wildman–Crippen LogP) is -0.191. The minimum atomic E-state index is -0.607. The van der Waals surface area contributed by atoms with Gasteiger partial charge in [-0.05, 0) is 19.2 Å². The van der Waals surface area contributed by atoms with Gasteiger partial charge < -0.3 is 37.1 Å². The Labute approximate surface area is 186 Å². The van der Waals surface area contributed by atoms with Crippen LogP contribution >= 0.6 is 11.3 Å². The van der Waals surface area contributed by atoms with E-state index >= 15 is 0 Å². The summed E-state index contributed by atoms with van der Waals surface area (Å²) in [6.07, 6.45) is 7.18. The predicted molar refractivity (Wildman–Crippen MR) is 121 cm³/mol. The molecular formula is C21H30N6O3S. The van der Waals surface area contributed by atoms with Gasteiger partial charge in [0.15, 0.2) is 0 Å². The average Bonchev–Trinajstić information content (AvgIpc) is 3.29. The highest BCUT2D eigenvalue weighted by Crippen LogP contribution is 2.20. The number of carbonyl (C=O) groups is 2. The van der Waals surface area contributed by atoms with Crippen LogP contribution in [0, 0.1) is 0 Å². The van der Waals surface area contributed by atoms with Gasteiger partial charge in [-0.2, -0.15) is 0 Å². The number of hydrogen-bond acceptors (Lipinski definition) is 8. The lowest BCUT2D eigenvalue weighted by Crippen LogP contribution is -2.55. The molecule has 1 fully saturated rings. The molecule has 2 heterocycles. The monoisotopic (exact) mass is 446 g/mol. The largest absolute Gasteiger partial charge is 0.383 e. The zero-order chi connectivity index (χ0) is 22.4. The maximum Gasteiger partial charge on any atom is 0.270 e. The van der Waals surface area contributed by atoms with Gasteiger partial charge in [0.1, 0.15) is 5.70 Å². The number of morpholine rings is 1. The standard InChI is InChI=1S/C21H30N6O3S/c1-24-15-6-4-3-5-14(15)18(25-2)21(29)27-9-10-30-12-13(27)11-26-20(28)17-8-7-16(31-17)19(22)23/h3-8,13,15,19,24-25H,9-12,22-23H2,1-2H3,(H,26,28)/b18-14-. The van der Waals surface area contributed by atoms with Crippen LogP contribution in [0.1, 0.15) is 20.7 Å². The summed E-state index contributed by atoms with van der Waals surface area (Å²) >= 11 is 1.26. The van der Waals surface area contributed by atoms with Crippen molar-refractivity contribution in [2.45, 2.75) is 18.2 Å². The molecule has 168 valence electrons. The number of allylic oxidation sites excluding steroid dienone is 2. The number of amides is 2. The third-order valence-electron chi connectivity index (χ3n) is 5.25. The first-order valence-corrected chi connectivity index (χ1v) is 11.0. The highest BCUT2D eigenvalue weighted by molar-refractivity contribution is 7.14. The van der Waals surface area contributed by atoms with Crippen LogP contribution in [0.25, 0.3) is 0 Å². The molecule has 7 N–H and O–H groups in total. The summed E-state index contributed by atoms with van der Waals surface area (Å²) in [4.78, 5) is 29.0. The van der Waals surface area contributed by atoms with Gasteiger partial charge >= 0.3 is 0 Å². The van der Waals surface area contributed by atoms with Gasteiger partial charge in [-0.25, -0.2) is 0 Å². The summed E-state index contributed by atoms with van der Waals surface area (Å²) in [5.74, 6) is -0.342. The van der Waals surface area contributed by atoms with Crippen molar-refractivity contribution in [3.63, 3.8) is 0 Å². The first-order valence-electron chi connectivity index (χ1n) is 10.2. The van der Waals surface area contributed by atoms with Gasteiger partial charge in [0.2, 0.25) is 0 Å². The molecule has 0 saturated carbocycles. The Morgan fingerprint density at radius 2 is 2.10 bits per heavy atom. The van der Waals surface area contributed by atoms with Crippen LogP contribution in [-0.2, 0) is 9.53 Å². The molecule has 10 heteroatoms. The highest BCUT2D eigenvalue weighted by atomic mass is 32.1. The Morgan fingerprint density at radius 1 is 1.29 bits per heavy atom. The fourth-order valence-corrected chi connectivity index (χ4v) is 4.42. The van der Waals surface area contributed by atoms with Gasteiger partial charge in [-0.1, -0.05) is 24.3 Å². The molecule has 3 rings (SSSR count). The topological polar surface area (TPSA) is 135 Å². The number of nitrogens with one attached hydrogen (secondary N) is 3. The highest BCUT2D eigenvalue weighted by Gasteiger charge is 2.31. The number of rotatable bonds is 7. The van der Waals surface area contributed by atoms with Crippen LogP contribution in [-0.4, -0.2) is 69.2 Å². The molecule has 2 aliphatic rings. The first-order chi connectivity index (χ1) is 15.0. The van der Waals surface area contributed by atoms with Gasteiger partial charge in [0.05, 0.1) is 36.3 Å². The summed E-state index contributed by atoms with van der Waals surface area (Å²) in [6.45, 7) is 1.54. The zero-order valence-corrected chi connectivity index (χ0v) is 18.6. The van der Waals surface area contributed by atoms with E-state index in [1.54, 1.807) is 24.1 Å². The summed E-state index contributed by atoms with van der Waals surface area (Å²) in [6, 6.07) is 3.12. The lowest BCUT2D eigenvalue weighted by atomic mass is 9.98. The average molecular weight is 447 g/mol. The number of carbonyl (C=O) groups excluding carboxylic acids is 2. The summed E-state index contributed by atoms with van der Waals surface area (Å²) in [5.41, 5.74) is 12.7. The van der Waals surface area contributed by atoms with Gasteiger partial charge in [0, 0.05) is 30.6 Å². The third kappa shape index (κ3) is 5.41. The van der Waals surface area contributed by atoms with Crippen molar-refractivity contribution >= 4 is 23.2 Å². The van der Waals surface area contributed by atoms with Crippen molar-refractivity contribution in [1.82, 2.24) is 20.9 Å². The van der Waals surface area contributed by atoms with E-state index in [0.29, 0.717) is 30.3 Å². The number of hydrogen-bond donors (Lipinski definition) is 5. The third-order valence-corrected chi connectivity index (χ3v) is 6.44. The smallest absolute Gasteiger partial charge is 0.270 e. The van der Waals surface area contributed by atoms with Crippen LogP contribution in [0.4, 0.5) is 0 Å². The molecule has 1 saturated heterocycles. The quantitative estimate of drug-likeness (QED) is 0.289. The molecule has 0 radical (unpaired) electrons. The molecule has 9 nitrogen and oxygen atoms in total. The van der Waals surface area contributed by atoms with Gasteiger partial charge in [-0.15, -0.1) is 11.3 Å². The fourth-order valence-electron chi connectivity index (χ4n) is 3.59. The van der Waals surface area contributed by atoms with E-state index in [9.17, 15) is 9.59 Å². The molecule has 2 unspecified atom stereocenters. The van der Waals surface area contributed by atoms with Crippen molar-refractivity contribution in [3.8, 4) is 0 Å². The molecule has 31 heavy (non-hydrogen) atoms. The maximum absolute atomic E-state index is 13.4. The van der Waals surface area contributed by atoms with Crippen molar-refractivity contribution in [2.24, 2.45) is 11.5 Å². The molecule has 1 aliphatic carbocycles. The normalized spacial score (nSPS) is 22.5. The Bertz CT molecular complexity index is 891. The van der Waals surface area contributed by atoms with E-state index in [0.717, 1.165) is 10.5 Å². The SMILES string of the molecule is CN/C(C(=O)N1CCOCC1CNC(=O)c1ccc(C(N)N)s1)=C1/C=CC=CC1NC. The second-order valence-corrected chi connectivity index (χ2v) is 8.37. The van der Waals surface area contributed by atoms with Crippen molar-refractivity contribution in [3.05, 3.63) is 57.5 Å². The summed E-state index contributed by atoms with van der Waals surface area (Å²) in [5, 5.41) is 9.18. The van der Waals surface area contributed by atoms with Crippen molar-refractivity contribution < 1.29 is 14.3 Å². The summed E-state index contributed by atoms with van der Waals surface area (Å²) < 4.78 is 5.59. The van der Waals surface area contributed by atoms with Crippen molar-refractivity contribution in [1.29, 1.82) is 0 Å². The Hall–Kier alpha value is -2.50. The second-order valence-electron chi connectivity index (χ2n) is 7.26. The van der Waals surface area contributed by atoms with Crippen LogP contribution in [0.3, 0.4) is 0 Å². The van der Waals surface area contributed by atoms with E-state index in [4.69, 9.17) is 16.2 Å². The van der Waals surface area contributed by atoms with E-state index in [-0.39, 0.29) is 30.4 Å². The molecular weight excluding hydrogens is 416 g/mol. The minimum absolute atomic E-state index is 0.0578. The van der Waals surface area contributed by atoms with Crippen LogP contribution in [0.5, 0.6) is 0 Å². The van der Waals surface area contributed by atoms with Gasteiger partial charge in [0.25, 0.3) is 11.8 Å². The molecule has 0 aromatic carbocycles. The lowest BCUT2D eigenvalue weighted by molar-refractivity contribution is -0.135. The van der Waals surface area contributed by atoms with E-state index < -0.39 is 6.17 Å². The number of ether oxygens (including phenoxy) is 1. The van der Waals surface area contributed by atoms with E-state index in [1.165, 1.54) is 11.3 Å². The summed E-state index contributed by atoms with van der Waals surface area (Å²) in [7, 11) is 3.60. The molecule has 1 aromatic rings. The Balaban J connectivity index is 1.72. The van der Waals surface area contributed by atoms with E-state index in [2.05, 4.69) is 16.0 Å². The first kappa shape index (κ1) is 23.2. The zero-order valence-electron chi connectivity index (χ0n) is 17.8. The van der Waals surface area contributed by atoms with Crippen molar-refractivity contribution in [2.75, 3.05) is 40.4 Å². The number of thiophene rings is 1.